The van der Waals surface area contributed by atoms with E-state index in [0.29, 0.717) is 11.9 Å². The monoisotopic (exact) mass is 239 g/mol. The van der Waals surface area contributed by atoms with Gasteiger partial charge in [-0.3, -0.25) is 0 Å². The number of rotatable bonds is 1. The number of hydrogen-bond donors (Lipinski definition) is 0. The third-order valence-electron chi connectivity index (χ3n) is 2.21. The van der Waals surface area contributed by atoms with Gasteiger partial charge in [0.15, 0.2) is 5.75 Å². The Labute approximate surface area is 94.7 Å². The van der Waals surface area contributed by atoms with E-state index in [1.54, 1.807) is 0 Å². The molecule has 0 saturated heterocycles. The highest BCUT2D eigenvalue weighted by atomic mass is 32.7. The van der Waals surface area contributed by atoms with Crippen LogP contribution in [-0.4, -0.2) is 6.16 Å². The second kappa shape index (κ2) is 4.02. The molecular weight excluding hydrogens is 229 g/mol. The quantitative estimate of drug-likeness (QED) is 0.558. The van der Waals surface area contributed by atoms with Crippen molar-refractivity contribution in [1.29, 1.82) is 5.26 Å². The molecule has 0 radical (unpaired) electrons. The molecule has 0 aliphatic carbocycles. The molecule has 0 N–H and O–H groups in total. The fourth-order valence-electron chi connectivity index (χ4n) is 1.40. The molecule has 1 heterocycles. The van der Waals surface area contributed by atoms with Crippen LogP contribution in [0, 0.1) is 11.3 Å². The first kappa shape index (κ1) is 10.8. The minimum Gasteiger partial charge on any atom is -0.483 e. The van der Waals surface area contributed by atoms with Crippen LogP contribution in [0.5, 0.6) is 5.75 Å². The Morgan fingerprint density at radius 3 is 2.93 bits per heavy atom. The van der Waals surface area contributed by atoms with Crippen LogP contribution in [0.4, 0.5) is 0 Å². The van der Waals surface area contributed by atoms with Gasteiger partial charge in [-0.05, 0) is 13.0 Å². The SMILES string of the molecule is CC[P+]1([S-])Oc2ccccc2[C@H](C#N)O1. The van der Waals surface area contributed by atoms with Gasteiger partial charge in [0, 0.05) is 5.56 Å². The van der Waals surface area contributed by atoms with Crippen molar-refractivity contribution in [3.63, 3.8) is 0 Å². The summed E-state index contributed by atoms with van der Waals surface area (Å²) in [4.78, 5) is 0. The summed E-state index contributed by atoms with van der Waals surface area (Å²) in [5.41, 5.74) is 0.772. The molecule has 1 aliphatic heterocycles. The van der Waals surface area contributed by atoms with Crippen LogP contribution in [0.15, 0.2) is 24.3 Å². The zero-order valence-corrected chi connectivity index (χ0v) is 9.92. The van der Waals surface area contributed by atoms with Crippen molar-refractivity contribution < 1.29 is 9.05 Å². The van der Waals surface area contributed by atoms with Crippen molar-refractivity contribution in [3.05, 3.63) is 29.8 Å². The van der Waals surface area contributed by atoms with Gasteiger partial charge in [-0.2, -0.15) is 9.79 Å². The van der Waals surface area contributed by atoms with Gasteiger partial charge >= 0.3 is 0 Å². The molecule has 0 fully saturated rings. The summed E-state index contributed by atoms with van der Waals surface area (Å²) < 4.78 is 11.2. The van der Waals surface area contributed by atoms with E-state index >= 15 is 0 Å². The molecule has 2 rings (SSSR count). The molecule has 3 nitrogen and oxygen atoms in total. The predicted octanol–water partition coefficient (Wildman–Crippen LogP) is 2.99. The van der Waals surface area contributed by atoms with Crippen LogP contribution in [0.1, 0.15) is 18.6 Å². The molecule has 1 aromatic carbocycles. The van der Waals surface area contributed by atoms with Crippen LogP contribution in [0.25, 0.3) is 0 Å². The summed E-state index contributed by atoms with van der Waals surface area (Å²) in [5.74, 6) is 0.695. The van der Waals surface area contributed by atoms with Crippen molar-refractivity contribution in [1.82, 2.24) is 0 Å². The number of hydrogen-bond acceptors (Lipinski definition) is 4. The largest absolute Gasteiger partial charge is 0.483 e. The number of nitriles is 1. The summed E-state index contributed by atoms with van der Waals surface area (Å²) in [6, 6.07) is 9.50. The average molecular weight is 239 g/mol. The summed E-state index contributed by atoms with van der Waals surface area (Å²) >= 11 is 5.29. The standard InChI is InChI=1S/C10H10NO2PS/c1-2-14(15)12-9-6-4-3-5-8(9)10(7-11)13-14/h3-6,10H,2H2,1H3/t10-,14?/m0/s1. The lowest BCUT2D eigenvalue weighted by Crippen LogP contribution is -2.16. The summed E-state index contributed by atoms with van der Waals surface area (Å²) in [7, 11) is 0. The maximum Gasteiger partial charge on any atom is 0.218 e. The molecule has 15 heavy (non-hydrogen) atoms. The van der Waals surface area contributed by atoms with Gasteiger partial charge in [-0.15, -0.1) is 0 Å². The molecule has 78 valence electrons. The Hall–Kier alpha value is -0.750. The molecule has 1 aromatic rings. The molecule has 1 aliphatic rings. The Kier molecular flexibility index (Phi) is 2.88. The number of benzene rings is 1. The number of nitrogens with zero attached hydrogens (tertiary/aromatic N) is 1. The average Bonchev–Trinajstić information content (AvgIpc) is 2.28. The Balaban J connectivity index is 2.44. The van der Waals surface area contributed by atoms with E-state index in [9.17, 15) is 0 Å². The van der Waals surface area contributed by atoms with Crippen LogP contribution in [-0.2, 0) is 16.8 Å². The van der Waals surface area contributed by atoms with Crippen LogP contribution >= 0.6 is 6.92 Å². The number of para-hydroxylation sites is 1. The molecule has 5 heteroatoms. The smallest absolute Gasteiger partial charge is 0.218 e. The van der Waals surface area contributed by atoms with Gasteiger partial charge in [0.2, 0.25) is 13.0 Å². The normalized spacial score (nSPS) is 28.7. The van der Waals surface area contributed by atoms with Gasteiger partial charge in [-0.25, -0.2) is 0 Å². The van der Waals surface area contributed by atoms with Gasteiger partial charge in [0.25, 0.3) is 0 Å². The lowest BCUT2D eigenvalue weighted by atomic mass is 10.1. The van der Waals surface area contributed by atoms with Crippen LogP contribution < -0.4 is 4.52 Å². The minimum absolute atomic E-state index is 0.583. The lowest BCUT2D eigenvalue weighted by molar-refractivity contribution is 0.235. The first-order valence-corrected chi connectivity index (χ1v) is 7.46. The summed E-state index contributed by atoms with van der Waals surface area (Å²) in [6.45, 7) is -0.369. The molecule has 0 aromatic heterocycles. The van der Waals surface area contributed by atoms with E-state index < -0.39 is 13.0 Å². The molecule has 0 amide bonds. The van der Waals surface area contributed by atoms with E-state index in [1.807, 2.05) is 31.2 Å². The van der Waals surface area contributed by atoms with Crippen molar-refractivity contribution >= 4 is 19.2 Å². The highest BCUT2D eigenvalue weighted by molar-refractivity contribution is 8.38. The van der Waals surface area contributed by atoms with Gasteiger partial charge in [0.1, 0.15) is 6.07 Å². The Morgan fingerprint density at radius 2 is 2.27 bits per heavy atom. The maximum atomic E-state index is 9.01. The zero-order valence-electron chi connectivity index (χ0n) is 8.21. The van der Waals surface area contributed by atoms with Crippen molar-refractivity contribution in [2.45, 2.75) is 13.0 Å². The van der Waals surface area contributed by atoms with Crippen LogP contribution in [0.2, 0.25) is 0 Å². The summed E-state index contributed by atoms with van der Waals surface area (Å²) in [6.07, 6.45) is 0.0511. The second-order valence-electron chi connectivity index (χ2n) is 3.17. The third kappa shape index (κ3) is 1.96. The molecular formula is C10H10NO2PS. The molecule has 2 atom stereocenters. The lowest BCUT2D eigenvalue weighted by Gasteiger charge is -2.34. The first-order valence-electron chi connectivity index (χ1n) is 4.64. The minimum atomic E-state index is -2.29. The molecule has 0 bridgehead atoms. The second-order valence-corrected chi connectivity index (χ2v) is 7.09. The van der Waals surface area contributed by atoms with Gasteiger partial charge in [-0.1, -0.05) is 18.2 Å². The van der Waals surface area contributed by atoms with E-state index in [0.717, 1.165) is 5.56 Å². The number of fused-ring (bicyclic) bond motifs is 1. The molecule has 1 unspecified atom stereocenters. The predicted molar refractivity (Wildman–Crippen MR) is 61.3 cm³/mol. The Morgan fingerprint density at radius 1 is 1.53 bits per heavy atom. The van der Waals surface area contributed by atoms with Gasteiger partial charge in [0.05, 0.1) is 6.16 Å². The maximum absolute atomic E-state index is 9.01. The molecule has 0 saturated carbocycles. The molecule has 0 spiro atoms. The van der Waals surface area contributed by atoms with E-state index in [2.05, 4.69) is 6.07 Å². The highest BCUT2D eigenvalue weighted by Crippen LogP contribution is 2.64. The van der Waals surface area contributed by atoms with Crippen molar-refractivity contribution in [3.8, 4) is 11.8 Å². The fourth-order valence-corrected chi connectivity index (χ4v) is 3.17. The first-order chi connectivity index (χ1) is 7.18. The topological polar surface area (TPSA) is 42.2 Å². The zero-order chi connectivity index (χ0) is 10.9. The van der Waals surface area contributed by atoms with Crippen molar-refractivity contribution in [2.75, 3.05) is 6.16 Å². The van der Waals surface area contributed by atoms with Crippen LogP contribution in [0.3, 0.4) is 0 Å². The fraction of sp³-hybridized carbons (Fsp3) is 0.300. The third-order valence-corrected chi connectivity index (χ3v) is 5.25. The van der Waals surface area contributed by atoms with Gasteiger partial charge < -0.3 is 16.8 Å². The summed E-state index contributed by atoms with van der Waals surface area (Å²) in [5, 5.41) is 9.01. The van der Waals surface area contributed by atoms with E-state index in [-0.39, 0.29) is 0 Å². The van der Waals surface area contributed by atoms with Crippen molar-refractivity contribution in [2.24, 2.45) is 0 Å². The Bertz CT molecular complexity index is 420. The van der Waals surface area contributed by atoms with E-state index in [1.165, 1.54) is 0 Å². The van der Waals surface area contributed by atoms with E-state index in [4.69, 9.17) is 26.6 Å². The highest BCUT2D eigenvalue weighted by Gasteiger charge is 2.38.